The lowest BCUT2D eigenvalue weighted by atomic mass is 10.1. The number of primary amides is 2. The van der Waals surface area contributed by atoms with E-state index in [9.17, 15) is 14.0 Å². The third-order valence-electron chi connectivity index (χ3n) is 1.86. The van der Waals surface area contributed by atoms with E-state index in [0.29, 0.717) is 0 Å². The summed E-state index contributed by atoms with van der Waals surface area (Å²) in [5, 5.41) is 2.42. The number of carbonyl (C=O) groups excluding carboxylic acids is 2. The van der Waals surface area contributed by atoms with Gasteiger partial charge in [0.25, 0.3) is 5.91 Å². The first-order valence-electron chi connectivity index (χ1n) is 4.33. The number of hydrogen-bond acceptors (Lipinski definition) is 4. The van der Waals surface area contributed by atoms with E-state index in [-0.39, 0.29) is 23.5 Å². The molecule has 0 aliphatic rings. The van der Waals surface area contributed by atoms with E-state index in [2.05, 4.69) is 5.32 Å². The van der Waals surface area contributed by atoms with Gasteiger partial charge in [-0.05, 0) is 12.1 Å². The second-order valence-corrected chi connectivity index (χ2v) is 3.10. The molecule has 0 heterocycles. The molecular formula is C9H11FN4O2. The predicted octanol–water partition coefficient (Wildman–Crippen LogP) is -0.596. The molecule has 0 saturated carbocycles. The van der Waals surface area contributed by atoms with Gasteiger partial charge in [-0.25, -0.2) is 4.39 Å². The number of anilines is 2. The minimum absolute atomic E-state index is 0.0200. The van der Waals surface area contributed by atoms with Crippen molar-refractivity contribution < 1.29 is 14.0 Å². The second-order valence-electron chi connectivity index (χ2n) is 3.10. The van der Waals surface area contributed by atoms with Gasteiger partial charge in [0.2, 0.25) is 5.91 Å². The molecule has 86 valence electrons. The van der Waals surface area contributed by atoms with Crippen molar-refractivity contribution in [3.63, 3.8) is 0 Å². The molecule has 1 aromatic carbocycles. The van der Waals surface area contributed by atoms with Gasteiger partial charge in [-0.3, -0.25) is 9.59 Å². The average Bonchev–Trinajstić information content (AvgIpc) is 2.15. The zero-order valence-corrected chi connectivity index (χ0v) is 8.29. The quantitative estimate of drug-likeness (QED) is 0.512. The van der Waals surface area contributed by atoms with E-state index < -0.39 is 17.6 Å². The van der Waals surface area contributed by atoms with Crippen LogP contribution in [-0.4, -0.2) is 18.4 Å². The molecule has 0 aliphatic heterocycles. The highest BCUT2D eigenvalue weighted by molar-refractivity contribution is 5.99. The minimum atomic E-state index is -0.778. The van der Waals surface area contributed by atoms with Gasteiger partial charge in [0.15, 0.2) is 0 Å². The first-order valence-corrected chi connectivity index (χ1v) is 4.33. The maximum absolute atomic E-state index is 13.3. The van der Waals surface area contributed by atoms with Gasteiger partial charge in [-0.2, -0.15) is 0 Å². The van der Waals surface area contributed by atoms with Crippen LogP contribution in [0.15, 0.2) is 12.1 Å². The van der Waals surface area contributed by atoms with Crippen molar-refractivity contribution in [3.8, 4) is 0 Å². The molecule has 0 bridgehead atoms. The van der Waals surface area contributed by atoms with Gasteiger partial charge in [-0.1, -0.05) is 0 Å². The van der Waals surface area contributed by atoms with E-state index in [0.717, 1.165) is 12.1 Å². The van der Waals surface area contributed by atoms with Crippen molar-refractivity contribution in [2.75, 3.05) is 17.6 Å². The molecule has 1 rings (SSSR count). The number of hydrogen-bond donors (Lipinski definition) is 4. The van der Waals surface area contributed by atoms with E-state index in [4.69, 9.17) is 17.2 Å². The largest absolute Gasteiger partial charge is 0.398 e. The van der Waals surface area contributed by atoms with Crippen LogP contribution in [0.3, 0.4) is 0 Å². The van der Waals surface area contributed by atoms with Crippen molar-refractivity contribution in [1.29, 1.82) is 0 Å². The van der Waals surface area contributed by atoms with E-state index in [1.807, 2.05) is 0 Å². The Labute approximate surface area is 90.6 Å². The first-order chi connectivity index (χ1) is 7.41. The third kappa shape index (κ3) is 2.59. The van der Waals surface area contributed by atoms with E-state index in [1.165, 1.54) is 0 Å². The molecule has 0 fully saturated rings. The molecule has 7 heteroatoms. The molecule has 0 aromatic heterocycles. The lowest BCUT2D eigenvalue weighted by Gasteiger charge is -2.08. The third-order valence-corrected chi connectivity index (χ3v) is 1.86. The number of nitrogens with two attached hydrogens (primary N) is 3. The fourth-order valence-corrected chi connectivity index (χ4v) is 1.12. The Morgan fingerprint density at radius 2 is 1.94 bits per heavy atom. The van der Waals surface area contributed by atoms with Gasteiger partial charge >= 0.3 is 0 Å². The molecule has 0 aliphatic carbocycles. The molecular weight excluding hydrogens is 215 g/mol. The number of benzene rings is 1. The molecule has 0 saturated heterocycles. The van der Waals surface area contributed by atoms with Gasteiger partial charge in [0.1, 0.15) is 5.82 Å². The SMILES string of the molecule is NC(=O)CNc1cc(C(N)=O)c(N)cc1F. The molecule has 16 heavy (non-hydrogen) atoms. The highest BCUT2D eigenvalue weighted by atomic mass is 19.1. The standard InChI is InChI=1S/C9H11FN4O2/c10-5-2-6(11)4(9(13)16)1-7(5)14-3-8(12)15/h1-2,14H,3,11H2,(H2,12,15)(H2,13,16). The first kappa shape index (κ1) is 11.8. The van der Waals surface area contributed by atoms with E-state index >= 15 is 0 Å². The van der Waals surface area contributed by atoms with Crippen LogP contribution in [0.2, 0.25) is 0 Å². The van der Waals surface area contributed by atoms with Crippen LogP contribution in [0.4, 0.5) is 15.8 Å². The van der Waals surface area contributed by atoms with Crippen LogP contribution in [-0.2, 0) is 4.79 Å². The van der Waals surface area contributed by atoms with Crippen LogP contribution < -0.4 is 22.5 Å². The van der Waals surface area contributed by atoms with Gasteiger partial charge in [0, 0.05) is 5.69 Å². The number of carbonyl (C=O) groups is 2. The Morgan fingerprint density at radius 3 is 2.44 bits per heavy atom. The lowest BCUT2D eigenvalue weighted by Crippen LogP contribution is -2.23. The van der Waals surface area contributed by atoms with Gasteiger partial charge in [0.05, 0.1) is 17.8 Å². The Balaban J connectivity index is 3.05. The summed E-state index contributed by atoms with van der Waals surface area (Å²) in [5.41, 5.74) is 15.2. The number of nitrogens with one attached hydrogen (secondary N) is 1. The zero-order chi connectivity index (χ0) is 12.3. The average molecular weight is 226 g/mol. The molecule has 1 aromatic rings. The van der Waals surface area contributed by atoms with Crippen LogP contribution in [0.1, 0.15) is 10.4 Å². The second kappa shape index (κ2) is 4.47. The van der Waals surface area contributed by atoms with Crippen LogP contribution in [0, 0.1) is 5.82 Å². The maximum Gasteiger partial charge on any atom is 0.250 e. The molecule has 0 atom stereocenters. The Morgan fingerprint density at radius 1 is 1.31 bits per heavy atom. The minimum Gasteiger partial charge on any atom is -0.398 e. The highest BCUT2D eigenvalue weighted by Gasteiger charge is 2.11. The topological polar surface area (TPSA) is 124 Å². The van der Waals surface area contributed by atoms with Gasteiger partial charge < -0.3 is 22.5 Å². The molecule has 0 spiro atoms. The van der Waals surface area contributed by atoms with Gasteiger partial charge in [-0.15, -0.1) is 0 Å². The highest BCUT2D eigenvalue weighted by Crippen LogP contribution is 2.21. The Kier molecular flexibility index (Phi) is 3.29. The summed E-state index contributed by atoms with van der Waals surface area (Å²) in [4.78, 5) is 21.4. The number of nitrogen functional groups attached to an aromatic ring is 1. The van der Waals surface area contributed by atoms with Crippen LogP contribution >= 0.6 is 0 Å². The maximum atomic E-state index is 13.3. The summed E-state index contributed by atoms with van der Waals surface area (Å²) in [7, 11) is 0. The monoisotopic (exact) mass is 226 g/mol. The van der Waals surface area contributed by atoms with Crippen LogP contribution in [0.25, 0.3) is 0 Å². The smallest absolute Gasteiger partial charge is 0.250 e. The van der Waals surface area contributed by atoms with Crippen molar-refractivity contribution >= 4 is 23.2 Å². The molecule has 0 radical (unpaired) electrons. The predicted molar refractivity (Wildman–Crippen MR) is 57.0 cm³/mol. The van der Waals surface area contributed by atoms with Crippen molar-refractivity contribution in [2.45, 2.75) is 0 Å². The van der Waals surface area contributed by atoms with Crippen molar-refractivity contribution in [2.24, 2.45) is 11.5 Å². The van der Waals surface area contributed by atoms with Crippen LogP contribution in [0.5, 0.6) is 0 Å². The summed E-state index contributed by atoms with van der Waals surface area (Å²) in [5.74, 6) is -2.12. The summed E-state index contributed by atoms with van der Waals surface area (Å²) < 4.78 is 13.3. The normalized spacial score (nSPS) is 9.81. The molecule has 6 nitrogen and oxygen atoms in total. The molecule has 2 amide bonds. The molecule has 0 unspecified atom stereocenters. The summed E-state index contributed by atoms with van der Waals surface area (Å²) in [6, 6.07) is 2.08. The summed E-state index contributed by atoms with van der Waals surface area (Å²) in [6.45, 7) is -0.251. The summed E-state index contributed by atoms with van der Waals surface area (Å²) >= 11 is 0. The van der Waals surface area contributed by atoms with E-state index in [1.54, 1.807) is 0 Å². The zero-order valence-electron chi connectivity index (χ0n) is 8.29. The molecule has 7 N–H and O–H groups in total. The van der Waals surface area contributed by atoms with Crippen molar-refractivity contribution in [3.05, 3.63) is 23.5 Å². The number of amides is 2. The van der Waals surface area contributed by atoms with Crippen molar-refractivity contribution in [1.82, 2.24) is 0 Å². The number of halogens is 1. The fraction of sp³-hybridized carbons (Fsp3) is 0.111. The number of rotatable bonds is 4. The lowest BCUT2D eigenvalue weighted by molar-refractivity contribution is -0.116. The fourth-order valence-electron chi connectivity index (χ4n) is 1.12. The summed E-state index contributed by atoms with van der Waals surface area (Å²) in [6.07, 6.45) is 0. The Hall–Kier alpha value is -2.31. The Bertz CT molecular complexity index is 447.